The largest absolute Gasteiger partial charge is 0.353 e. The van der Waals surface area contributed by atoms with Crippen LogP contribution in [0.5, 0.6) is 0 Å². The lowest BCUT2D eigenvalue weighted by atomic mass is 10.3. The van der Waals surface area contributed by atoms with Crippen molar-refractivity contribution in [2.75, 3.05) is 6.54 Å². The maximum Gasteiger partial charge on any atom is 0.220 e. The lowest BCUT2D eigenvalue weighted by Crippen LogP contribution is -2.26. The van der Waals surface area contributed by atoms with Gasteiger partial charge in [0.1, 0.15) is 0 Å². The second-order valence-electron chi connectivity index (χ2n) is 4.91. The molecule has 4 nitrogen and oxygen atoms in total. The predicted octanol–water partition coefficient (Wildman–Crippen LogP) is 1.66. The average Bonchev–Trinajstić information content (AvgIpc) is 3.05. The molecule has 1 aromatic heterocycles. The summed E-state index contributed by atoms with van der Waals surface area (Å²) in [5, 5.41) is 6.39. The fraction of sp³-hybridized carbons (Fsp3) is 0.643. The molecule has 0 aliphatic heterocycles. The van der Waals surface area contributed by atoms with E-state index in [1.807, 2.05) is 0 Å². The summed E-state index contributed by atoms with van der Waals surface area (Å²) in [7, 11) is 0. The standard InChI is InChI=1S/C14H23N3O/c1-2-17-10-4-5-13(17)11-15-9-3-6-14(18)16-12-7-8-12/h4-5,10,12,15H,2-3,6-9,11H2,1H3,(H,16,18). The van der Waals surface area contributed by atoms with Crippen LogP contribution >= 0.6 is 0 Å². The molecule has 1 aliphatic carbocycles. The molecule has 1 heterocycles. The zero-order valence-electron chi connectivity index (χ0n) is 11.1. The van der Waals surface area contributed by atoms with Gasteiger partial charge in [0.2, 0.25) is 5.91 Å². The third-order valence-corrected chi connectivity index (χ3v) is 3.27. The van der Waals surface area contributed by atoms with Gasteiger partial charge < -0.3 is 15.2 Å². The Labute approximate surface area is 109 Å². The van der Waals surface area contributed by atoms with Gasteiger partial charge in [0, 0.05) is 37.4 Å². The average molecular weight is 249 g/mol. The van der Waals surface area contributed by atoms with Gasteiger partial charge in [0.25, 0.3) is 0 Å². The summed E-state index contributed by atoms with van der Waals surface area (Å²) >= 11 is 0. The monoisotopic (exact) mass is 249 g/mol. The van der Waals surface area contributed by atoms with Crippen molar-refractivity contribution in [3.63, 3.8) is 0 Å². The Balaban J connectivity index is 1.54. The highest BCUT2D eigenvalue weighted by molar-refractivity contribution is 5.76. The number of carbonyl (C=O) groups is 1. The van der Waals surface area contributed by atoms with Crippen LogP contribution in [0.1, 0.15) is 38.3 Å². The number of nitrogens with one attached hydrogen (secondary N) is 2. The van der Waals surface area contributed by atoms with Gasteiger partial charge in [-0.2, -0.15) is 0 Å². The predicted molar refractivity (Wildman–Crippen MR) is 72.2 cm³/mol. The van der Waals surface area contributed by atoms with Crippen LogP contribution < -0.4 is 10.6 Å². The van der Waals surface area contributed by atoms with E-state index >= 15 is 0 Å². The van der Waals surface area contributed by atoms with Gasteiger partial charge in [-0.05, 0) is 44.9 Å². The molecular weight excluding hydrogens is 226 g/mol. The summed E-state index contributed by atoms with van der Waals surface area (Å²) in [6.07, 6.45) is 5.97. The lowest BCUT2D eigenvalue weighted by Gasteiger charge is -2.08. The van der Waals surface area contributed by atoms with Crippen LogP contribution in [-0.2, 0) is 17.9 Å². The molecule has 0 saturated heterocycles. The summed E-state index contributed by atoms with van der Waals surface area (Å²) < 4.78 is 2.23. The van der Waals surface area contributed by atoms with Crippen LogP contribution in [0.15, 0.2) is 18.3 Å². The van der Waals surface area contributed by atoms with E-state index in [4.69, 9.17) is 0 Å². The number of nitrogens with zero attached hydrogens (tertiary/aromatic N) is 1. The highest BCUT2D eigenvalue weighted by Gasteiger charge is 2.22. The minimum absolute atomic E-state index is 0.205. The number of aryl methyl sites for hydroxylation is 1. The zero-order chi connectivity index (χ0) is 12.8. The van der Waals surface area contributed by atoms with Gasteiger partial charge in [-0.1, -0.05) is 0 Å². The van der Waals surface area contributed by atoms with Crippen LogP contribution in [-0.4, -0.2) is 23.1 Å². The van der Waals surface area contributed by atoms with Crippen molar-refractivity contribution < 1.29 is 4.79 Å². The fourth-order valence-corrected chi connectivity index (χ4v) is 2.04. The van der Waals surface area contributed by atoms with E-state index < -0.39 is 0 Å². The van der Waals surface area contributed by atoms with Gasteiger partial charge >= 0.3 is 0 Å². The number of carbonyl (C=O) groups excluding carboxylic acids is 1. The Bertz CT molecular complexity index is 382. The number of amides is 1. The number of hydrogen-bond acceptors (Lipinski definition) is 2. The summed E-state index contributed by atoms with van der Waals surface area (Å²) in [5.74, 6) is 0.205. The van der Waals surface area contributed by atoms with E-state index in [9.17, 15) is 4.79 Å². The number of hydrogen-bond donors (Lipinski definition) is 2. The van der Waals surface area contributed by atoms with Crippen molar-refractivity contribution in [1.29, 1.82) is 0 Å². The topological polar surface area (TPSA) is 46.1 Å². The minimum atomic E-state index is 0.205. The number of aromatic nitrogens is 1. The minimum Gasteiger partial charge on any atom is -0.353 e. The van der Waals surface area contributed by atoms with E-state index in [2.05, 4.69) is 40.5 Å². The molecule has 18 heavy (non-hydrogen) atoms. The zero-order valence-corrected chi connectivity index (χ0v) is 11.1. The van der Waals surface area contributed by atoms with Crippen molar-refractivity contribution in [3.05, 3.63) is 24.0 Å². The first-order chi connectivity index (χ1) is 8.79. The Morgan fingerprint density at radius 1 is 1.50 bits per heavy atom. The Kier molecular flexibility index (Phi) is 4.81. The molecule has 0 unspecified atom stereocenters. The third kappa shape index (κ3) is 4.18. The quantitative estimate of drug-likeness (QED) is 0.688. The van der Waals surface area contributed by atoms with Crippen molar-refractivity contribution >= 4 is 5.91 Å². The molecule has 0 atom stereocenters. The molecule has 1 aromatic rings. The smallest absolute Gasteiger partial charge is 0.220 e. The van der Waals surface area contributed by atoms with Crippen LogP contribution in [0.25, 0.3) is 0 Å². The van der Waals surface area contributed by atoms with Crippen LogP contribution in [0.4, 0.5) is 0 Å². The summed E-state index contributed by atoms with van der Waals surface area (Å²) in [4.78, 5) is 11.4. The van der Waals surface area contributed by atoms with Crippen molar-refractivity contribution in [2.24, 2.45) is 0 Å². The molecule has 2 rings (SSSR count). The molecule has 1 saturated carbocycles. The van der Waals surface area contributed by atoms with Crippen molar-refractivity contribution in [3.8, 4) is 0 Å². The van der Waals surface area contributed by atoms with Crippen LogP contribution in [0.2, 0.25) is 0 Å². The van der Waals surface area contributed by atoms with E-state index in [1.54, 1.807) is 0 Å². The molecule has 0 spiro atoms. The SMILES string of the molecule is CCn1cccc1CNCCCC(=O)NC1CC1. The maximum atomic E-state index is 11.4. The van der Waals surface area contributed by atoms with Crippen LogP contribution in [0.3, 0.4) is 0 Å². The van der Waals surface area contributed by atoms with Crippen LogP contribution in [0, 0.1) is 0 Å². The molecule has 4 heteroatoms. The van der Waals surface area contributed by atoms with Gasteiger partial charge in [-0.25, -0.2) is 0 Å². The Hall–Kier alpha value is -1.29. The molecule has 0 bridgehead atoms. The summed E-state index contributed by atoms with van der Waals surface area (Å²) in [6, 6.07) is 4.69. The van der Waals surface area contributed by atoms with Crippen molar-refractivity contribution in [2.45, 2.75) is 51.7 Å². The second kappa shape index (κ2) is 6.59. The van der Waals surface area contributed by atoms with Crippen molar-refractivity contribution in [1.82, 2.24) is 15.2 Å². The van der Waals surface area contributed by atoms with Gasteiger partial charge in [0.05, 0.1) is 0 Å². The molecular formula is C14H23N3O. The Morgan fingerprint density at radius 3 is 3.06 bits per heavy atom. The molecule has 2 N–H and O–H groups in total. The molecule has 1 fully saturated rings. The van der Waals surface area contributed by atoms with Gasteiger partial charge in [0.15, 0.2) is 0 Å². The normalized spacial score (nSPS) is 14.7. The van der Waals surface area contributed by atoms with Gasteiger partial charge in [-0.3, -0.25) is 4.79 Å². The van der Waals surface area contributed by atoms with E-state index in [1.165, 1.54) is 5.69 Å². The first-order valence-corrected chi connectivity index (χ1v) is 6.93. The molecule has 0 aromatic carbocycles. The summed E-state index contributed by atoms with van der Waals surface area (Å²) in [6.45, 7) is 4.93. The highest BCUT2D eigenvalue weighted by Crippen LogP contribution is 2.18. The first-order valence-electron chi connectivity index (χ1n) is 6.93. The van der Waals surface area contributed by atoms with E-state index in [-0.39, 0.29) is 5.91 Å². The first kappa shape index (κ1) is 13.1. The molecule has 100 valence electrons. The highest BCUT2D eigenvalue weighted by atomic mass is 16.1. The fourth-order valence-electron chi connectivity index (χ4n) is 2.04. The maximum absolute atomic E-state index is 11.4. The van der Waals surface area contributed by atoms with E-state index in [0.29, 0.717) is 12.5 Å². The lowest BCUT2D eigenvalue weighted by molar-refractivity contribution is -0.121. The molecule has 0 radical (unpaired) electrons. The number of rotatable bonds is 8. The Morgan fingerprint density at radius 2 is 2.33 bits per heavy atom. The van der Waals surface area contributed by atoms with E-state index in [0.717, 1.165) is 38.9 Å². The molecule has 1 aliphatic rings. The third-order valence-electron chi connectivity index (χ3n) is 3.27. The summed E-state index contributed by atoms with van der Waals surface area (Å²) in [5.41, 5.74) is 1.31. The van der Waals surface area contributed by atoms with Gasteiger partial charge in [-0.15, -0.1) is 0 Å². The molecule has 1 amide bonds. The second-order valence-corrected chi connectivity index (χ2v) is 4.91.